The van der Waals surface area contributed by atoms with Crippen LogP contribution in [0.1, 0.15) is 387 Å². The molecule has 19 heteroatoms. The number of carbonyl (C=O) groups is 4. The van der Waals surface area contributed by atoms with E-state index >= 15 is 0 Å². The van der Waals surface area contributed by atoms with Crippen LogP contribution in [0.25, 0.3) is 0 Å². The lowest BCUT2D eigenvalue weighted by atomic mass is 10.0. The minimum absolute atomic E-state index is 0.0928. The van der Waals surface area contributed by atoms with E-state index in [1.165, 1.54) is 186 Å². The summed E-state index contributed by atoms with van der Waals surface area (Å²) in [5.74, 6) is -2.14. The molecule has 96 heavy (non-hydrogen) atoms. The number of hydrogen-bond acceptors (Lipinski definition) is 15. The Morgan fingerprint density at radius 2 is 0.490 bits per heavy atom. The van der Waals surface area contributed by atoms with Crippen molar-refractivity contribution < 1.29 is 80.2 Å². The molecule has 0 saturated carbocycles. The highest BCUT2D eigenvalue weighted by molar-refractivity contribution is 7.47. The van der Waals surface area contributed by atoms with Crippen molar-refractivity contribution in [3.05, 3.63) is 24.3 Å². The van der Waals surface area contributed by atoms with E-state index in [0.29, 0.717) is 25.7 Å². The highest BCUT2D eigenvalue weighted by Gasteiger charge is 2.30. The number of unbranched alkanes of at least 4 members (excludes halogenated alkanes) is 46. The summed E-state index contributed by atoms with van der Waals surface area (Å²) in [7, 11) is -9.92. The summed E-state index contributed by atoms with van der Waals surface area (Å²) in [6.07, 6.45) is 64.5. The van der Waals surface area contributed by atoms with Gasteiger partial charge in [0.2, 0.25) is 0 Å². The Kier molecular flexibility index (Phi) is 69.1. The van der Waals surface area contributed by atoms with Gasteiger partial charge in [0, 0.05) is 25.7 Å². The van der Waals surface area contributed by atoms with Crippen LogP contribution in [0.15, 0.2) is 24.3 Å². The predicted molar refractivity (Wildman–Crippen MR) is 391 cm³/mol. The zero-order chi connectivity index (χ0) is 70.4. The Bertz CT molecular complexity index is 1920. The van der Waals surface area contributed by atoms with Crippen molar-refractivity contribution in [1.82, 2.24) is 0 Å². The van der Waals surface area contributed by atoms with Gasteiger partial charge in [-0.2, -0.15) is 0 Å². The van der Waals surface area contributed by atoms with Gasteiger partial charge in [0.15, 0.2) is 12.2 Å². The molecule has 0 bridgehead atoms. The molecule has 5 atom stereocenters. The Morgan fingerprint density at radius 1 is 0.281 bits per heavy atom. The summed E-state index contributed by atoms with van der Waals surface area (Å²) in [5, 5.41) is 10.6. The summed E-state index contributed by atoms with van der Waals surface area (Å²) in [6, 6.07) is 0. The second kappa shape index (κ2) is 71.0. The first-order valence-corrected chi connectivity index (χ1v) is 42.6. The highest BCUT2D eigenvalue weighted by Crippen LogP contribution is 2.45. The van der Waals surface area contributed by atoms with Crippen molar-refractivity contribution in [2.75, 3.05) is 39.6 Å². The zero-order valence-electron chi connectivity index (χ0n) is 61.8. The molecule has 3 N–H and O–H groups in total. The minimum Gasteiger partial charge on any atom is -0.462 e. The number of esters is 4. The monoisotopic (exact) mass is 1410 g/mol. The smallest absolute Gasteiger partial charge is 0.462 e. The van der Waals surface area contributed by atoms with Gasteiger partial charge in [-0.1, -0.05) is 315 Å². The molecule has 0 radical (unpaired) electrons. The maximum atomic E-state index is 13.1. The highest BCUT2D eigenvalue weighted by atomic mass is 31.2. The lowest BCUT2D eigenvalue weighted by Crippen LogP contribution is -2.30. The van der Waals surface area contributed by atoms with Gasteiger partial charge in [-0.15, -0.1) is 0 Å². The van der Waals surface area contributed by atoms with Crippen LogP contribution in [0.5, 0.6) is 0 Å². The Morgan fingerprint density at radius 3 is 0.750 bits per heavy atom. The molecule has 0 spiro atoms. The fourth-order valence-corrected chi connectivity index (χ4v) is 12.9. The van der Waals surface area contributed by atoms with E-state index in [4.69, 9.17) is 37.0 Å². The topological polar surface area (TPSA) is 237 Å². The Hall–Kier alpha value is -2.46. The van der Waals surface area contributed by atoms with Crippen LogP contribution < -0.4 is 0 Å². The molecular weight excluding hydrogens is 1260 g/mol. The van der Waals surface area contributed by atoms with Crippen LogP contribution in [0.2, 0.25) is 0 Å². The molecular formula is C77H146O17P2. The van der Waals surface area contributed by atoms with Gasteiger partial charge in [0.1, 0.15) is 19.3 Å². The number of rotatable bonds is 76. The summed E-state index contributed by atoms with van der Waals surface area (Å²) < 4.78 is 68.5. The first-order valence-electron chi connectivity index (χ1n) is 39.6. The Labute approximate surface area is 586 Å². The third kappa shape index (κ3) is 70.0. The fourth-order valence-electron chi connectivity index (χ4n) is 11.3. The maximum absolute atomic E-state index is 13.1. The molecule has 0 aromatic carbocycles. The standard InChI is InChI=1S/C77H146O17P2/c1-5-9-13-17-21-25-29-32-35-38-42-45-49-53-57-61-74(79)87-67-72(93-76(81)63-59-55-51-47-41-28-24-20-16-12-8-4)69-91-95(83,84)89-65-71(78)66-90-96(85,86)92-70-73(94-77(82)64-60-56-52-48-44-40-37-34-31-27-23-19-15-11-7-3)68-88-75(80)62-58-54-50-46-43-39-36-33-30-26-22-18-14-10-6-2/h20,24,33,36,71-73,78H,5-19,21-23,25-32,34-35,37-70H2,1-4H3,(H,83,84)(H,85,86)/b24-20-,36-33-. The van der Waals surface area contributed by atoms with E-state index in [0.717, 1.165) is 122 Å². The number of ether oxygens (including phenoxy) is 4. The molecule has 0 aliphatic rings. The largest absolute Gasteiger partial charge is 0.472 e. The molecule has 5 unspecified atom stereocenters. The van der Waals surface area contributed by atoms with Crippen molar-refractivity contribution in [2.24, 2.45) is 0 Å². The molecule has 17 nitrogen and oxygen atoms in total. The fraction of sp³-hybridized carbons (Fsp3) is 0.896. The van der Waals surface area contributed by atoms with E-state index < -0.39 is 97.5 Å². The number of phosphoric ester groups is 2. The van der Waals surface area contributed by atoms with Crippen LogP contribution in [-0.4, -0.2) is 96.7 Å². The number of phosphoric acid groups is 2. The van der Waals surface area contributed by atoms with Crippen molar-refractivity contribution in [2.45, 2.75) is 406 Å². The third-order valence-corrected chi connectivity index (χ3v) is 19.3. The number of allylic oxidation sites excluding steroid dienone is 4. The molecule has 0 rings (SSSR count). The molecule has 566 valence electrons. The molecule has 0 aliphatic carbocycles. The summed E-state index contributed by atoms with van der Waals surface area (Å²) >= 11 is 0. The quantitative estimate of drug-likeness (QED) is 0.0169. The minimum atomic E-state index is -4.96. The third-order valence-electron chi connectivity index (χ3n) is 17.4. The summed E-state index contributed by atoms with van der Waals surface area (Å²) in [5.41, 5.74) is 0. The van der Waals surface area contributed by atoms with E-state index in [1.54, 1.807) is 0 Å². The van der Waals surface area contributed by atoms with Crippen molar-refractivity contribution in [3.8, 4) is 0 Å². The summed E-state index contributed by atoms with van der Waals surface area (Å²) in [6.45, 7) is 4.91. The van der Waals surface area contributed by atoms with Gasteiger partial charge in [0.05, 0.1) is 26.4 Å². The van der Waals surface area contributed by atoms with E-state index in [9.17, 15) is 43.2 Å². The number of aliphatic hydroxyl groups is 1. The maximum Gasteiger partial charge on any atom is 0.472 e. The number of carbonyl (C=O) groups excluding carboxylic acids is 4. The number of aliphatic hydroxyl groups excluding tert-OH is 1. The van der Waals surface area contributed by atoms with E-state index in [1.807, 2.05) is 0 Å². The van der Waals surface area contributed by atoms with E-state index in [-0.39, 0.29) is 25.7 Å². The van der Waals surface area contributed by atoms with Crippen molar-refractivity contribution in [3.63, 3.8) is 0 Å². The second-order valence-electron chi connectivity index (χ2n) is 27.0. The van der Waals surface area contributed by atoms with Crippen LogP contribution in [-0.2, 0) is 65.4 Å². The summed E-state index contributed by atoms with van der Waals surface area (Å²) in [4.78, 5) is 72.8. The second-order valence-corrected chi connectivity index (χ2v) is 29.9. The van der Waals surface area contributed by atoms with Gasteiger partial charge in [-0.25, -0.2) is 9.13 Å². The van der Waals surface area contributed by atoms with Crippen LogP contribution in [0, 0.1) is 0 Å². The zero-order valence-corrected chi connectivity index (χ0v) is 63.6. The molecule has 0 aromatic rings. The van der Waals surface area contributed by atoms with Gasteiger partial charge in [0.25, 0.3) is 0 Å². The lowest BCUT2D eigenvalue weighted by Gasteiger charge is -2.21. The predicted octanol–water partition coefficient (Wildman–Crippen LogP) is 22.6. The average Bonchev–Trinajstić information content (AvgIpc) is 1.98. The lowest BCUT2D eigenvalue weighted by molar-refractivity contribution is -0.161. The SMILES string of the molecule is CCCC/C=C\CCCCCCCC(=O)OC(COC(=O)CCCCCCCCCCCCCCCCC)COP(=O)(O)OCC(O)COP(=O)(O)OCC(COC(=O)CCCCCCC/C=C\CCCCCCCC)OC(=O)CCCCCCCCCCCCCCCCC. The van der Waals surface area contributed by atoms with Gasteiger partial charge in [-0.3, -0.25) is 37.3 Å². The number of hydrogen-bond donors (Lipinski definition) is 3. The normalized spacial score (nSPS) is 14.0. The Balaban J connectivity index is 5.27. The van der Waals surface area contributed by atoms with Crippen molar-refractivity contribution in [1.29, 1.82) is 0 Å². The van der Waals surface area contributed by atoms with Crippen LogP contribution in [0.3, 0.4) is 0 Å². The molecule has 0 heterocycles. The first kappa shape index (κ1) is 93.5. The molecule has 0 aromatic heterocycles. The first-order chi connectivity index (χ1) is 46.7. The van der Waals surface area contributed by atoms with E-state index in [2.05, 4.69) is 52.0 Å². The molecule has 0 amide bonds. The van der Waals surface area contributed by atoms with Crippen LogP contribution >= 0.6 is 15.6 Å². The average molecular weight is 1410 g/mol. The van der Waals surface area contributed by atoms with Crippen molar-refractivity contribution >= 4 is 39.5 Å². The molecule has 0 fully saturated rings. The van der Waals surface area contributed by atoms with Gasteiger partial charge < -0.3 is 33.8 Å². The molecule has 0 saturated heterocycles. The van der Waals surface area contributed by atoms with Crippen LogP contribution in [0.4, 0.5) is 0 Å². The van der Waals surface area contributed by atoms with Gasteiger partial charge >= 0.3 is 39.5 Å². The molecule has 0 aliphatic heterocycles. The van der Waals surface area contributed by atoms with Gasteiger partial charge in [-0.05, 0) is 70.6 Å².